The van der Waals surface area contributed by atoms with Crippen molar-refractivity contribution in [1.82, 2.24) is 15.2 Å². The van der Waals surface area contributed by atoms with Gasteiger partial charge in [-0.1, -0.05) is 6.92 Å². The van der Waals surface area contributed by atoms with E-state index in [9.17, 15) is 4.79 Å². The Hall–Kier alpha value is -2.17. The van der Waals surface area contributed by atoms with Gasteiger partial charge >= 0.3 is 0 Å². The third kappa shape index (κ3) is 2.50. The van der Waals surface area contributed by atoms with Crippen LogP contribution in [0.3, 0.4) is 0 Å². The van der Waals surface area contributed by atoms with Gasteiger partial charge in [-0.25, -0.2) is 0 Å². The van der Waals surface area contributed by atoms with Crippen LogP contribution in [0, 0.1) is 6.92 Å². The van der Waals surface area contributed by atoms with Crippen molar-refractivity contribution in [1.29, 1.82) is 0 Å². The first-order valence-electron chi connectivity index (χ1n) is 5.47. The number of nitrogens with zero attached hydrogens (tertiary/aromatic N) is 2. The first kappa shape index (κ1) is 11.3. The number of nitrogens with one attached hydrogen (secondary N) is 2. The lowest BCUT2D eigenvalue weighted by molar-refractivity contribution is -0.115. The number of amides is 1. The quantitative estimate of drug-likeness (QED) is 0.848. The summed E-state index contributed by atoms with van der Waals surface area (Å²) >= 11 is 0. The first-order chi connectivity index (χ1) is 8.20. The predicted molar refractivity (Wildman–Crippen MR) is 65.5 cm³/mol. The largest absolute Gasteiger partial charge is 0.309 e. The molecule has 2 N–H and O–H groups in total. The predicted octanol–water partition coefficient (Wildman–Crippen LogP) is 2.13. The Morgan fingerprint density at radius 2 is 2.35 bits per heavy atom. The number of H-pyrrole nitrogens is 1. The highest BCUT2D eigenvalue weighted by Gasteiger charge is 2.07. The number of aromatic nitrogens is 3. The molecule has 0 aliphatic rings. The molecule has 0 aliphatic carbocycles. The number of hydrogen-bond acceptors (Lipinski definition) is 3. The number of pyridine rings is 1. The fourth-order valence-electron chi connectivity index (χ4n) is 1.53. The SMILES string of the molecule is CCC(=O)Nc1cc(-c2ccncc2C)[nH]n1. The molecule has 88 valence electrons. The average Bonchev–Trinajstić information content (AvgIpc) is 2.78. The molecule has 0 atom stereocenters. The molecule has 0 aliphatic heterocycles. The maximum Gasteiger partial charge on any atom is 0.225 e. The summed E-state index contributed by atoms with van der Waals surface area (Å²) in [6.45, 7) is 3.78. The van der Waals surface area contributed by atoms with E-state index >= 15 is 0 Å². The van der Waals surface area contributed by atoms with Gasteiger partial charge in [-0.15, -0.1) is 0 Å². The van der Waals surface area contributed by atoms with E-state index in [1.807, 2.05) is 19.1 Å². The van der Waals surface area contributed by atoms with Crippen LogP contribution in [-0.4, -0.2) is 21.1 Å². The van der Waals surface area contributed by atoms with Gasteiger partial charge in [0.2, 0.25) is 5.91 Å². The molecule has 5 nitrogen and oxygen atoms in total. The monoisotopic (exact) mass is 230 g/mol. The van der Waals surface area contributed by atoms with Gasteiger partial charge in [-0.3, -0.25) is 14.9 Å². The molecule has 5 heteroatoms. The van der Waals surface area contributed by atoms with Crippen molar-refractivity contribution in [2.24, 2.45) is 0 Å². The zero-order chi connectivity index (χ0) is 12.3. The van der Waals surface area contributed by atoms with Gasteiger partial charge in [0, 0.05) is 30.4 Å². The van der Waals surface area contributed by atoms with Crippen LogP contribution in [-0.2, 0) is 4.79 Å². The van der Waals surface area contributed by atoms with E-state index in [4.69, 9.17) is 0 Å². The Labute approximate surface area is 99.3 Å². The fourth-order valence-corrected chi connectivity index (χ4v) is 1.53. The van der Waals surface area contributed by atoms with Crippen molar-refractivity contribution in [3.8, 4) is 11.3 Å². The molecule has 17 heavy (non-hydrogen) atoms. The zero-order valence-corrected chi connectivity index (χ0v) is 9.82. The van der Waals surface area contributed by atoms with E-state index in [-0.39, 0.29) is 5.91 Å². The average molecular weight is 230 g/mol. The van der Waals surface area contributed by atoms with Crippen molar-refractivity contribution in [3.05, 3.63) is 30.1 Å². The minimum Gasteiger partial charge on any atom is -0.309 e. The molecule has 0 aromatic carbocycles. The van der Waals surface area contributed by atoms with Gasteiger partial charge in [-0.2, -0.15) is 5.10 Å². The summed E-state index contributed by atoms with van der Waals surface area (Å²) in [7, 11) is 0. The number of aromatic amines is 1. The normalized spacial score (nSPS) is 10.2. The summed E-state index contributed by atoms with van der Waals surface area (Å²) in [6.07, 6.45) is 3.96. The van der Waals surface area contributed by atoms with E-state index in [0.29, 0.717) is 12.2 Å². The van der Waals surface area contributed by atoms with Crippen molar-refractivity contribution >= 4 is 11.7 Å². The van der Waals surface area contributed by atoms with Gasteiger partial charge in [0.15, 0.2) is 5.82 Å². The third-order valence-corrected chi connectivity index (χ3v) is 2.48. The third-order valence-electron chi connectivity index (χ3n) is 2.48. The number of carbonyl (C=O) groups excluding carboxylic acids is 1. The van der Waals surface area contributed by atoms with E-state index in [1.54, 1.807) is 19.3 Å². The second-order valence-electron chi connectivity index (χ2n) is 3.76. The molecule has 2 aromatic rings. The summed E-state index contributed by atoms with van der Waals surface area (Å²) in [4.78, 5) is 15.3. The summed E-state index contributed by atoms with van der Waals surface area (Å²) in [6, 6.07) is 3.73. The minimum atomic E-state index is -0.0468. The van der Waals surface area contributed by atoms with Crippen molar-refractivity contribution in [2.45, 2.75) is 20.3 Å². The van der Waals surface area contributed by atoms with Gasteiger partial charge in [0.05, 0.1) is 5.69 Å². The molecule has 0 saturated carbocycles. The first-order valence-corrected chi connectivity index (χ1v) is 5.47. The van der Waals surface area contributed by atoms with Crippen LogP contribution in [0.4, 0.5) is 5.82 Å². The molecule has 0 fully saturated rings. The summed E-state index contributed by atoms with van der Waals surface area (Å²) in [5.74, 6) is 0.498. The lowest BCUT2D eigenvalue weighted by atomic mass is 10.1. The second kappa shape index (κ2) is 4.78. The molecule has 2 rings (SSSR count). The number of anilines is 1. The Morgan fingerprint density at radius 3 is 3.06 bits per heavy atom. The van der Waals surface area contributed by atoms with E-state index < -0.39 is 0 Å². The van der Waals surface area contributed by atoms with Crippen LogP contribution in [0.15, 0.2) is 24.5 Å². The van der Waals surface area contributed by atoms with Crippen LogP contribution < -0.4 is 5.32 Å². The molecule has 0 bridgehead atoms. The van der Waals surface area contributed by atoms with Crippen molar-refractivity contribution in [2.75, 3.05) is 5.32 Å². The highest BCUT2D eigenvalue weighted by atomic mass is 16.1. The Kier molecular flexibility index (Phi) is 3.18. The molecule has 0 saturated heterocycles. The van der Waals surface area contributed by atoms with Crippen molar-refractivity contribution in [3.63, 3.8) is 0 Å². The zero-order valence-electron chi connectivity index (χ0n) is 9.82. The maximum absolute atomic E-state index is 11.2. The standard InChI is InChI=1S/C12H14N4O/c1-3-12(17)14-11-6-10(15-16-11)9-4-5-13-7-8(9)2/h4-7H,3H2,1-2H3,(H2,14,15,16,17). The molecular formula is C12H14N4O. The fraction of sp³-hybridized carbons (Fsp3) is 0.250. The summed E-state index contributed by atoms with van der Waals surface area (Å²) in [5.41, 5.74) is 2.96. The van der Waals surface area contributed by atoms with Gasteiger partial charge < -0.3 is 5.32 Å². The van der Waals surface area contributed by atoms with Crippen LogP contribution in [0.2, 0.25) is 0 Å². The second-order valence-corrected chi connectivity index (χ2v) is 3.76. The maximum atomic E-state index is 11.2. The number of hydrogen-bond donors (Lipinski definition) is 2. The lowest BCUT2D eigenvalue weighted by Gasteiger charge is -2.00. The molecule has 2 heterocycles. The highest BCUT2D eigenvalue weighted by molar-refractivity contribution is 5.90. The van der Waals surface area contributed by atoms with Crippen LogP contribution in [0.5, 0.6) is 0 Å². The Morgan fingerprint density at radius 1 is 1.53 bits per heavy atom. The molecule has 0 unspecified atom stereocenters. The highest BCUT2D eigenvalue weighted by Crippen LogP contribution is 2.22. The molecule has 0 radical (unpaired) electrons. The van der Waals surface area contributed by atoms with E-state index in [1.165, 1.54) is 0 Å². The lowest BCUT2D eigenvalue weighted by Crippen LogP contribution is -2.09. The Balaban J connectivity index is 2.24. The van der Waals surface area contributed by atoms with Gasteiger partial charge in [0.25, 0.3) is 0 Å². The number of carbonyl (C=O) groups is 1. The molecule has 0 spiro atoms. The smallest absolute Gasteiger partial charge is 0.225 e. The topological polar surface area (TPSA) is 70.7 Å². The molecular weight excluding hydrogens is 216 g/mol. The Bertz CT molecular complexity index is 533. The van der Waals surface area contributed by atoms with Gasteiger partial charge in [0.1, 0.15) is 0 Å². The summed E-state index contributed by atoms with van der Waals surface area (Å²) in [5, 5.41) is 9.65. The van der Waals surface area contributed by atoms with Crippen LogP contribution in [0.25, 0.3) is 11.3 Å². The number of aryl methyl sites for hydroxylation is 1. The molecule has 2 aromatic heterocycles. The molecule has 1 amide bonds. The number of rotatable bonds is 3. The van der Waals surface area contributed by atoms with E-state index in [0.717, 1.165) is 16.8 Å². The van der Waals surface area contributed by atoms with E-state index in [2.05, 4.69) is 20.5 Å². The van der Waals surface area contributed by atoms with Crippen molar-refractivity contribution < 1.29 is 4.79 Å². The van der Waals surface area contributed by atoms with Gasteiger partial charge in [-0.05, 0) is 18.6 Å². The summed E-state index contributed by atoms with van der Waals surface area (Å²) < 4.78 is 0. The van der Waals surface area contributed by atoms with Crippen LogP contribution in [0.1, 0.15) is 18.9 Å². The van der Waals surface area contributed by atoms with Crippen LogP contribution >= 0.6 is 0 Å². The minimum absolute atomic E-state index is 0.0468.